The quantitative estimate of drug-likeness (QED) is 0.558. The van der Waals surface area contributed by atoms with Gasteiger partial charge in [-0.25, -0.2) is 0 Å². The molecule has 9 heavy (non-hydrogen) atoms. The zero-order valence-electron chi connectivity index (χ0n) is 5.13. The Morgan fingerprint density at radius 1 is 1.22 bits per heavy atom. The normalized spacial score (nSPS) is 9.00. The molecule has 1 rings (SSSR count). The van der Waals surface area contributed by atoms with Crippen LogP contribution in [0.3, 0.4) is 0 Å². The number of aryl methyl sites for hydroxylation is 1. The van der Waals surface area contributed by atoms with Gasteiger partial charge in [-0.3, -0.25) is 0 Å². The van der Waals surface area contributed by atoms with E-state index >= 15 is 0 Å². The first kappa shape index (κ1) is 6.78. The van der Waals surface area contributed by atoms with Crippen LogP contribution >= 0.6 is 0 Å². The van der Waals surface area contributed by atoms with Crippen molar-refractivity contribution in [1.82, 2.24) is 0 Å². The Labute approximate surface area is 63.5 Å². The molecule has 1 aromatic carbocycles. The lowest BCUT2D eigenvalue weighted by atomic mass is 10.2. The summed E-state index contributed by atoms with van der Waals surface area (Å²) in [4.78, 5) is 1.15. The topological polar surface area (TPSA) is 0 Å². The monoisotopic (exact) mass is 155 g/mol. The molecule has 0 aliphatic carbocycles. The Balaban J connectivity index is 3.01. The van der Waals surface area contributed by atoms with Gasteiger partial charge in [-0.15, -0.1) is 0 Å². The number of hydrogen-bond donors (Lipinski definition) is 0. The summed E-state index contributed by atoms with van der Waals surface area (Å²) in [7, 11) is 1.36. The highest BCUT2D eigenvalue weighted by Gasteiger charge is 1.97. The van der Waals surface area contributed by atoms with Gasteiger partial charge in [0.1, 0.15) is 0 Å². The molecule has 0 aromatic heterocycles. The summed E-state index contributed by atoms with van der Waals surface area (Å²) in [6.07, 6.45) is 0. The average molecular weight is 155 g/mol. The summed E-state index contributed by atoms with van der Waals surface area (Å²) < 4.78 is 0. The second-order valence-corrected chi connectivity index (χ2v) is 3.03. The largest absolute Gasteiger partial charge is 0.316 e. The van der Waals surface area contributed by atoms with Gasteiger partial charge in [0.25, 0.3) is 11.2 Å². The van der Waals surface area contributed by atoms with Crippen LogP contribution in [0.15, 0.2) is 29.2 Å². The highest BCUT2D eigenvalue weighted by Crippen LogP contribution is 2.01. The van der Waals surface area contributed by atoms with Crippen molar-refractivity contribution in [3.63, 3.8) is 0 Å². The first-order valence-corrected chi connectivity index (χ1v) is 4.43. The zero-order valence-corrected chi connectivity index (χ0v) is 6.76. The van der Waals surface area contributed by atoms with E-state index in [4.69, 9.17) is 11.2 Å². The fraction of sp³-hybridized carbons (Fsp3) is 0.143. The van der Waals surface area contributed by atoms with Crippen molar-refractivity contribution < 1.29 is 0 Å². The van der Waals surface area contributed by atoms with Crippen LogP contribution in [0.2, 0.25) is 0 Å². The minimum atomic E-state index is 1.15. The molecule has 0 aliphatic heterocycles. The molecular weight excluding hydrogens is 148 g/mol. The minimum Gasteiger partial charge on any atom is -0.0537 e. The van der Waals surface area contributed by atoms with E-state index in [0.717, 1.165) is 4.90 Å². The Morgan fingerprint density at radius 2 is 1.78 bits per heavy atom. The van der Waals surface area contributed by atoms with Gasteiger partial charge in [0.15, 0.2) is 0 Å². The molecule has 0 saturated heterocycles. The third-order valence-corrected chi connectivity index (χ3v) is 2.16. The third kappa shape index (κ3) is 1.80. The van der Waals surface area contributed by atoms with Crippen LogP contribution in [-0.2, 0) is 21.5 Å². The minimum absolute atomic E-state index is 1.15. The lowest BCUT2D eigenvalue weighted by Gasteiger charge is -1.83. The summed E-state index contributed by atoms with van der Waals surface area (Å²) in [5.74, 6) is 0. The van der Waals surface area contributed by atoms with Crippen molar-refractivity contribution >= 4 is 21.5 Å². The van der Waals surface area contributed by atoms with Gasteiger partial charge in [-0.05, 0) is 6.92 Å². The highest BCUT2D eigenvalue weighted by atomic mass is 32.8. The maximum atomic E-state index is 4.78. The molecule has 0 atom stereocenters. The van der Waals surface area contributed by atoms with Crippen LogP contribution in [0.25, 0.3) is 0 Å². The van der Waals surface area contributed by atoms with Gasteiger partial charge in [-0.1, -0.05) is 17.7 Å². The first-order chi connectivity index (χ1) is 4.33. The summed E-state index contributed by atoms with van der Waals surface area (Å²) in [5.41, 5.74) is 1.28. The van der Waals surface area contributed by atoms with E-state index in [-0.39, 0.29) is 0 Å². The average Bonchev–Trinajstić information content (AvgIpc) is 1.90. The fourth-order valence-electron chi connectivity index (χ4n) is 0.594. The van der Waals surface area contributed by atoms with Gasteiger partial charge < -0.3 is 0 Å². The van der Waals surface area contributed by atoms with Gasteiger partial charge in [0.05, 0.1) is 0 Å². The summed E-state index contributed by atoms with van der Waals surface area (Å²) >= 11 is 4.78. The molecule has 0 nitrogen and oxygen atoms in total. The number of hydrogen-bond acceptors (Lipinski definition) is 1. The van der Waals surface area contributed by atoms with Gasteiger partial charge >= 0.3 is 10.3 Å². The Bertz CT molecular complexity index is 201. The van der Waals surface area contributed by atoms with E-state index in [0.29, 0.717) is 0 Å². The maximum absolute atomic E-state index is 4.78. The second kappa shape index (κ2) is 2.99. The van der Waals surface area contributed by atoms with E-state index in [1.54, 1.807) is 0 Å². The van der Waals surface area contributed by atoms with E-state index < -0.39 is 0 Å². The van der Waals surface area contributed by atoms with E-state index in [1.807, 2.05) is 12.1 Å². The summed E-state index contributed by atoms with van der Waals surface area (Å²) in [6.45, 7) is 2.07. The lowest BCUT2D eigenvalue weighted by Crippen LogP contribution is -1.72. The molecule has 0 bridgehead atoms. The molecule has 2 heteroatoms. The molecule has 0 N–H and O–H groups in total. The van der Waals surface area contributed by atoms with Crippen LogP contribution < -0.4 is 0 Å². The Hall–Kier alpha value is -0.340. The molecule has 0 saturated carbocycles. The van der Waals surface area contributed by atoms with Crippen molar-refractivity contribution in [1.29, 1.82) is 0 Å². The standard InChI is InChI=1S/C7H7S2/c1-6-2-4-7(9-8)5-3-6/h2-5H,1H3/q+1. The van der Waals surface area contributed by atoms with Crippen molar-refractivity contribution in [3.05, 3.63) is 29.8 Å². The summed E-state index contributed by atoms with van der Waals surface area (Å²) in [5, 5.41) is 0. The first-order valence-electron chi connectivity index (χ1n) is 2.69. The van der Waals surface area contributed by atoms with Crippen LogP contribution in [-0.4, -0.2) is 0 Å². The van der Waals surface area contributed by atoms with Gasteiger partial charge in [0, 0.05) is 12.1 Å². The second-order valence-electron chi connectivity index (χ2n) is 1.90. The van der Waals surface area contributed by atoms with Crippen LogP contribution in [0.5, 0.6) is 0 Å². The molecule has 0 amide bonds. The predicted octanol–water partition coefficient (Wildman–Crippen LogP) is 1.90. The number of benzene rings is 1. The number of rotatable bonds is 1. The maximum Gasteiger partial charge on any atom is 0.316 e. The lowest BCUT2D eigenvalue weighted by molar-refractivity contribution is 1.38. The third-order valence-electron chi connectivity index (χ3n) is 1.12. The fourth-order valence-corrected chi connectivity index (χ4v) is 1.17. The van der Waals surface area contributed by atoms with Crippen LogP contribution in [0.4, 0.5) is 0 Å². The molecule has 0 heterocycles. The van der Waals surface area contributed by atoms with Crippen molar-refractivity contribution in [3.8, 4) is 0 Å². The molecule has 1 aromatic rings. The summed E-state index contributed by atoms with van der Waals surface area (Å²) in [6, 6.07) is 8.20. The molecular formula is C7H7S2+. The van der Waals surface area contributed by atoms with E-state index in [2.05, 4.69) is 19.1 Å². The highest BCUT2D eigenvalue weighted by molar-refractivity contribution is 8.17. The van der Waals surface area contributed by atoms with Crippen LogP contribution in [0.1, 0.15) is 5.56 Å². The molecule has 0 radical (unpaired) electrons. The van der Waals surface area contributed by atoms with E-state index in [9.17, 15) is 0 Å². The van der Waals surface area contributed by atoms with Crippen molar-refractivity contribution in [2.24, 2.45) is 0 Å². The van der Waals surface area contributed by atoms with Gasteiger partial charge in [-0.2, -0.15) is 0 Å². The van der Waals surface area contributed by atoms with Crippen molar-refractivity contribution in [2.45, 2.75) is 11.8 Å². The molecule has 0 aliphatic rings. The van der Waals surface area contributed by atoms with Crippen LogP contribution in [0, 0.1) is 6.92 Å². The Kier molecular flexibility index (Phi) is 2.25. The zero-order chi connectivity index (χ0) is 6.69. The predicted molar refractivity (Wildman–Crippen MR) is 44.2 cm³/mol. The van der Waals surface area contributed by atoms with Gasteiger partial charge in [0.2, 0.25) is 4.90 Å². The smallest absolute Gasteiger partial charge is 0.0537 e. The van der Waals surface area contributed by atoms with E-state index in [1.165, 1.54) is 15.9 Å². The SMILES string of the molecule is Cc1ccc([S+]=S)cc1. The van der Waals surface area contributed by atoms with Crippen molar-refractivity contribution in [2.75, 3.05) is 0 Å². The molecule has 46 valence electrons. The molecule has 0 fully saturated rings. The molecule has 0 unspecified atom stereocenters. The Morgan fingerprint density at radius 3 is 2.22 bits per heavy atom. The molecule has 0 spiro atoms.